The number of carbonyl (C=O) groups is 2. The Morgan fingerprint density at radius 3 is 1.92 bits per heavy atom. The summed E-state index contributed by atoms with van der Waals surface area (Å²) in [5, 5.41) is 0. The number of hydrogen-bond acceptors (Lipinski definition) is 9. The summed E-state index contributed by atoms with van der Waals surface area (Å²) in [5.74, 6) is -2.00. The minimum atomic E-state index is -0.556. The summed E-state index contributed by atoms with van der Waals surface area (Å²) in [4.78, 5) is 29.7. The lowest BCUT2D eigenvalue weighted by molar-refractivity contribution is -0.0542. The number of nitrogens with zero attached hydrogens (tertiary/aromatic N) is 2. The van der Waals surface area contributed by atoms with Gasteiger partial charge in [0.15, 0.2) is 11.4 Å². The van der Waals surface area contributed by atoms with Gasteiger partial charge in [-0.25, -0.2) is 28.3 Å². The van der Waals surface area contributed by atoms with E-state index in [1.165, 1.54) is 26.4 Å². The molecule has 2 aromatic heterocycles. The van der Waals surface area contributed by atoms with E-state index >= 15 is 0 Å². The smallest absolute Gasteiger partial charge is 0.357 e. The molecule has 2 aliphatic rings. The van der Waals surface area contributed by atoms with Crippen LogP contribution in [-0.2, 0) is 25.4 Å². The van der Waals surface area contributed by atoms with Crippen molar-refractivity contribution in [1.29, 1.82) is 0 Å². The predicted octanol–water partition coefficient (Wildman–Crippen LogP) is 3.71. The van der Waals surface area contributed by atoms with E-state index in [9.17, 15) is 18.4 Å². The van der Waals surface area contributed by atoms with Crippen molar-refractivity contribution < 1.29 is 37.3 Å². The molecule has 200 valence electrons. The second kappa shape index (κ2) is 16.5. The minimum absolute atomic E-state index is 0. The van der Waals surface area contributed by atoms with Crippen LogP contribution in [0.3, 0.4) is 0 Å². The van der Waals surface area contributed by atoms with Crippen molar-refractivity contribution in [2.24, 2.45) is 5.73 Å². The minimum Gasteiger partial charge on any atom is -0.464 e. The van der Waals surface area contributed by atoms with Crippen LogP contribution in [0.2, 0.25) is 0 Å². The van der Waals surface area contributed by atoms with Gasteiger partial charge in [-0.15, -0.1) is 0 Å². The molecule has 4 rings (SSSR count). The van der Waals surface area contributed by atoms with E-state index in [1.54, 1.807) is 0 Å². The Morgan fingerprint density at radius 1 is 1.00 bits per heavy atom. The highest BCUT2D eigenvalue weighted by atomic mass is 127. The number of aromatic nitrogens is 2. The zero-order valence-corrected chi connectivity index (χ0v) is 21.6. The van der Waals surface area contributed by atoms with Crippen molar-refractivity contribution in [3.63, 3.8) is 0 Å². The highest BCUT2D eigenvalue weighted by Crippen LogP contribution is 2.19. The molecule has 0 aliphatic carbocycles. The molecule has 12 heteroatoms. The molecule has 2 atom stereocenters. The first-order valence-corrected chi connectivity index (χ1v) is 11.9. The van der Waals surface area contributed by atoms with E-state index in [4.69, 9.17) is 15.2 Å². The number of halogens is 3. The molecule has 36 heavy (non-hydrogen) atoms. The molecule has 2 aliphatic heterocycles. The summed E-state index contributed by atoms with van der Waals surface area (Å²) in [5.41, 5.74) is 6.11. The molecule has 0 radical (unpaired) electrons. The van der Waals surface area contributed by atoms with Crippen molar-refractivity contribution in [3.8, 4) is 0 Å². The van der Waals surface area contributed by atoms with E-state index in [0.29, 0.717) is 28.2 Å². The second-order valence-electron chi connectivity index (χ2n) is 7.47. The van der Waals surface area contributed by atoms with Gasteiger partial charge in [0.2, 0.25) is 0 Å². The third kappa shape index (κ3) is 9.99. The monoisotopic (exact) mass is 623 g/mol. The highest BCUT2D eigenvalue weighted by molar-refractivity contribution is 14.1. The highest BCUT2D eigenvalue weighted by Gasteiger charge is 2.20. The molecule has 0 saturated carbocycles. The number of pyridine rings is 2. The summed E-state index contributed by atoms with van der Waals surface area (Å²) in [6, 6.07) is 2.55. The van der Waals surface area contributed by atoms with Crippen LogP contribution in [0.15, 0.2) is 24.5 Å². The maximum Gasteiger partial charge on any atom is 0.357 e. The van der Waals surface area contributed by atoms with E-state index in [1.807, 2.05) is 22.6 Å². The van der Waals surface area contributed by atoms with Gasteiger partial charge in [-0.3, -0.25) is 0 Å². The van der Waals surface area contributed by atoms with Gasteiger partial charge in [-0.1, -0.05) is 7.43 Å². The van der Waals surface area contributed by atoms with Gasteiger partial charge in [0, 0.05) is 23.3 Å². The normalized spacial score (nSPS) is 17.4. The summed E-state index contributed by atoms with van der Waals surface area (Å²) >= 11 is 1.82. The van der Waals surface area contributed by atoms with Gasteiger partial charge in [0.1, 0.15) is 11.6 Å². The topological polar surface area (TPSA) is 123 Å². The van der Waals surface area contributed by atoms with Crippen molar-refractivity contribution in [2.45, 2.75) is 45.3 Å². The third-order valence-corrected chi connectivity index (χ3v) is 5.91. The molecular formula is C24H32F2IN3O6. The van der Waals surface area contributed by atoms with E-state index in [2.05, 4.69) is 19.4 Å². The van der Waals surface area contributed by atoms with E-state index in [-0.39, 0.29) is 24.9 Å². The summed E-state index contributed by atoms with van der Waals surface area (Å²) in [6.07, 6.45) is 6.15. The van der Waals surface area contributed by atoms with Gasteiger partial charge in [0.25, 0.3) is 0 Å². The van der Waals surface area contributed by atoms with Crippen molar-refractivity contribution in [3.05, 3.63) is 56.7 Å². The molecule has 4 heterocycles. The van der Waals surface area contributed by atoms with Gasteiger partial charge in [-0.2, -0.15) is 0 Å². The van der Waals surface area contributed by atoms with Crippen LogP contribution in [-0.4, -0.2) is 68.1 Å². The largest absolute Gasteiger partial charge is 0.464 e. The first-order chi connectivity index (χ1) is 16.8. The zero-order chi connectivity index (χ0) is 25.8. The lowest BCUT2D eigenvalue weighted by Crippen LogP contribution is -2.33. The average molecular weight is 623 g/mol. The van der Waals surface area contributed by atoms with Gasteiger partial charge in [-0.05, 0) is 66.0 Å². The molecule has 0 aromatic carbocycles. The molecule has 0 amide bonds. The predicted molar refractivity (Wildman–Crippen MR) is 137 cm³/mol. The van der Waals surface area contributed by atoms with Crippen LogP contribution in [0.4, 0.5) is 8.78 Å². The number of aryl methyl sites for hydroxylation is 1. The quantitative estimate of drug-likeness (QED) is 0.379. The number of rotatable bonds is 6. The maximum absolute atomic E-state index is 13.1. The Hall–Kier alpha value is -2.29. The Kier molecular flexibility index (Phi) is 14.5. The number of carbonyl (C=O) groups excluding carboxylic acids is 2. The molecule has 2 fully saturated rings. The van der Waals surface area contributed by atoms with E-state index in [0.717, 1.165) is 44.9 Å². The van der Waals surface area contributed by atoms with Crippen LogP contribution >= 0.6 is 22.6 Å². The Morgan fingerprint density at radius 2 is 1.50 bits per heavy atom. The number of esters is 2. The fourth-order valence-electron chi connectivity index (χ4n) is 2.91. The summed E-state index contributed by atoms with van der Waals surface area (Å²) in [6.45, 7) is 2.40. The first kappa shape index (κ1) is 31.7. The lowest BCUT2D eigenvalue weighted by Gasteiger charge is -2.26. The van der Waals surface area contributed by atoms with Crippen LogP contribution in [0.25, 0.3) is 0 Å². The SMILES string of the molecule is C.COC(=O)c1ncc(F)cc1CCC1CCO1.COC(=O)c1ncc(F)cc1I.NCC1CCO1. The number of ether oxygens (including phenoxy) is 4. The Labute approximate surface area is 223 Å². The van der Waals surface area contributed by atoms with Gasteiger partial charge >= 0.3 is 11.9 Å². The molecule has 0 spiro atoms. The fourth-order valence-corrected chi connectivity index (χ4v) is 3.57. The summed E-state index contributed by atoms with van der Waals surface area (Å²) in [7, 11) is 2.54. The second-order valence-corrected chi connectivity index (χ2v) is 8.63. The van der Waals surface area contributed by atoms with E-state index < -0.39 is 23.6 Å². The Balaban J connectivity index is 0.000000297. The molecule has 0 bridgehead atoms. The molecule has 9 nitrogen and oxygen atoms in total. The van der Waals surface area contributed by atoms with Crippen LogP contribution < -0.4 is 5.73 Å². The van der Waals surface area contributed by atoms with Crippen LogP contribution in [0.1, 0.15) is 53.2 Å². The van der Waals surface area contributed by atoms with Crippen LogP contribution in [0.5, 0.6) is 0 Å². The van der Waals surface area contributed by atoms with Gasteiger partial charge < -0.3 is 24.7 Å². The maximum atomic E-state index is 13.1. The fraction of sp³-hybridized carbons (Fsp3) is 0.500. The molecular weight excluding hydrogens is 591 g/mol. The first-order valence-electron chi connectivity index (χ1n) is 10.8. The van der Waals surface area contributed by atoms with Crippen molar-refractivity contribution >= 4 is 34.5 Å². The van der Waals surface area contributed by atoms with Gasteiger partial charge in [0.05, 0.1) is 38.8 Å². The third-order valence-electron chi connectivity index (χ3n) is 5.08. The lowest BCUT2D eigenvalue weighted by atomic mass is 10.0. The standard InChI is InChI=1S/C12H14FNO3.C7H5FINO2.C4H9NO.CH4/c1-16-12(15)11-8(6-9(13)7-14-11)2-3-10-4-5-17-10;1-12-7(11)6-5(9)2-4(8)3-10-6;5-3-4-1-2-6-4;/h6-7,10H,2-5H2,1H3;2-3H,1H3;4H,1-3,5H2;1H4. The number of hydrogen-bond donors (Lipinski definition) is 1. The Bertz CT molecular complexity index is 988. The van der Waals surface area contributed by atoms with Crippen molar-refractivity contribution in [1.82, 2.24) is 9.97 Å². The molecule has 2 unspecified atom stereocenters. The number of methoxy groups -OCH3 is 2. The van der Waals surface area contributed by atoms with Crippen molar-refractivity contribution in [2.75, 3.05) is 34.0 Å². The van der Waals surface area contributed by atoms with Crippen LogP contribution in [0, 0.1) is 15.2 Å². The molecule has 2 aromatic rings. The zero-order valence-electron chi connectivity index (χ0n) is 19.5. The molecule has 2 saturated heterocycles. The average Bonchev–Trinajstić information content (AvgIpc) is 2.77. The summed E-state index contributed by atoms with van der Waals surface area (Å²) < 4.78 is 45.3. The molecule has 2 N–H and O–H groups in total. The number of nitrogens with two attached hydrogens (primary N) is 1.